The molecule has 0 atom stereocenters. The molecule has 0 N–H and O–H groups in total. The molecule has 2 aromatic carbocycles. The van der Waals surface area contributed by atoms with Gasteiger partial charge in [0.2, 0.25) is 12.2 Å². The van der Waals surface area contributed by atoms with Crippen LogP contribution in [0.5, 0.6) is 0 Å². The van der Waals surface area contributed by atoms with Crippen LogP contribution >= 0.6 is 0 Å². The number of hydrogen-bond donors (Lipinski definition) is 0. The third kappa shape index (κ3) is 10.9. The van der Waals surface area contributed by atoms with E-state index in [1.807, 2.05) is 36.4 Å². The van der Waals surface area contributed by atoms with Crippen molar-refractivity contribution in [2.75, 3.05) is 13.1 Å². The maximum Gasteiger partial charge on any atom is 0.234 e. The smallest absolute Gasteiger partial charge is 0.211 e. The zero-order valence-electron chi connectivity index (χ0n) is 15.1. The number of nitrogens with zero attached hydrogens (tertiary/aromatic N) is 2. The van der Waals surface area contributed by atoms with Crippen molar-refractivity contribution in [2.45, 2.75) is 38.5 Å². The fourth-order valence-corrected chi connectivity index (χ4v) is 2.53. The van der Waals surface area contributed by atoms with E-state index in [4.69, 9.17) is 0 Å². The minimum absolute atomic E-state index is 0.565. The Bertz CT molecular complexity index is 617. The summed E-state index contributed by atoms with van der Waals surface area (Å²) in [7, 11) is 0. The van der Waals surface area contributed by atoms with Gasteiger partial charge in [-0.2, -0.15) is 0 Å². The first-order valence-corrected chi connectivity index (χ1v) is 9.02. The van der Waals surface area contributed by atoms with E-state index in [0.29, 0.717) is 13.1 Å². The Kier molecular flexibility index (Phi) is 12.8. The molecule has 0 heterocycles. The molecule has 2 aromatic rings. The summed E-state index contributed by atoms with van der Waals surface area (Å²) in [5, 5.41) is 0. The van der Waals surface area contributed by atoms with Gasteiger partial charge in [-0.1, -0.05) is 60.7 Å². The number of unbranched alkanes of at least 4 members (excludes halogenated alkanes) is 2. The van der Waals surface area contributed by atoms with Crippen molar-refractivity contribution >= 4 is 12.2 Å². The van der Waals surface area contributed by atoms with Gasteiger partial charge in [0.05, 0.1) is 13.1 Å². The van der Waals surface area contributed by atoms with Gasteiger partial charge in [0.25, 0.3) is 0 Å². The third-order valence-electron chi connectivity index (χ3n) is 3.85. The summed E-state index contributed by atoms with van der Waals surface area (Å²) in [5.74, 6) is 0. The Morgan fingerprint density at radius 3 is 1.31 bits per heavy atom. The van der Waals surface area contributed by atoms with Crippen LogP contribution in [0.25, 0.3) is 0 Å². The van der Waals surface area contributed by atoms with Crippen LogP contribution in [0.4, 0.5) is 0 Å². The van der Waals surface area contributed by atoms with Gasteiger partial charge in [-0.25, -0.2) is 19.6 Å². The van der Waals surface area contributed by atoms with E-state index >= 15 is 0 Å². The number of hydrogen-bond acceptors (Lipinski definition) is 4. The van der Waals surface area contributed by atoms with E-state index in [1.54, 1.807) is 12.2 Å². The maximum atomic E-state index is 9.96. The molecule has 2 rings (SSSR count). The van der Waals surface area contributed by atoms with Crippen LogP contribution < -0.4 is 0 Å². The highest BCUT2D eigenvalue weighted by molar-refractivity contribution is 5.33. The van der Waals surface area contributed by atoms with Gasteiger partial charge >= 0.3 is 0 Å². The molecule has 0 saturated carbocycles. The third-order valence-corrected chi connectivity index (χ3v) is 3.85. The molecule has 4 heteroatoms. The minimum Gasteiger partial charge on any atom is -0.211 e. The molecule has 0 aliphatic heterocycles. The van der Waals surface area contributed by atoms with Gasteiger partial charge in [0, 0.05) is 0 Å². The number of isocyanates is 2. The summed E-state index contributed by atoms with van der Waals surface area (Å²) < 4.78 is 0. The Balaban J connectivity index is 0.000000472. The summed E-state index contributed by atoms with van der Waals surface area (Å²) in [6.45, 7) is 1.13. The van der Waals surface area contributed by atoms with Crippen LogP contribution in [0.15, 0.2) is 70.6 Å². The minimum atomic E-state index is 0.565. The fraction of sp³-hybridized carbons (Fsp3) is 0.364. The first-order chi connectivity index (χ1) is 12.9. The van der Waals surface area contributed by atoms with Crippen LogP contribution in [-0.2, 0) is 22.4 Å². The van der Waals surface area contributed by atoms with E-state index in [0.717, 1.165) is 38.5 Å². The summed E-state index contributed by atoms with van der Waals surface area (Å²) in [4.78, 5) is 27.0. The molecule has 0 saturated heterocycles. The van der Waals surface area contributed by atoms with E-state index in [-0.39, 0.29) is 0 Å². The molecule has 26 heavy (non-hydrogen) atoms. The molecule has 0 aliphatic carbocycles. The normalized spacial score (nSPS) is 9.23. The van der Waals surface area contributed by atoms with Gasteiger partial charge in [0.1, 0.15) is 0 Å². The van der Waals surface area contributed by atoms with Crippen molar-refractivity contribution in [1.29, 1.82) is 0 Å². The van der Waals surface area contributed by atoms with Crippen molar-refractivity contribution in [3.63, 3.8) is 0 Å². The molecule has 0 amide bonds. The van der Waals surface area contributed by atoms with Gasteiger partial charge in [-0.05, 0) is 49.7 Å². The zero-order chi connectivity index (χ0) is 18.7. The predicted octanol–water partition coefficient (Wildman–Crippen LogP) is 4.69. The van der Waals surface area contributed by atoms with Crippen molar-refractivity contribution in [1.82, 2.24) is 0 Å². The molecule has 4 nitrogen and oxygen atoms in total. The molecule has 0 aliphatic rings. The quantitative estimate of drug-likeness (QED) is 0.354. The molecule has 0 aromatic heterocycles. The molecular formula is C22H26N2O2. The zero-order valence-corrected chi connectivity index (χ0v) is 15.1. The lowest BCUT2D eigenvalue weighted by Crippen LogP contribution is -1.96. The monoisotopic (exact) mass is 350 g/mol. The van der Waals surface area contributed by atoms with Crippen molar-refractivity contribution in [2.24, 2.45) is 9.98 Å². The Labute approximate surface area is 155 Å². The van der Waals surface area contributed by atoms with Gasteiger partial charge in [-0.15, -0.1) is 0 Å². The lowest BCUT2D eigenvalue weighted by Gasteiger charge is -2.08. The molecule has 0 radical (unpaired) electrons. The standard InChI is InChI=1S/C16H20N2O2.C6H6/c19-13-17-11-5-3-9-15-7-1-2-8-16(15)10-4-6-12-18-14-20;1-2-4-6-5-3-1/h1-2,7-8H,3-6,9-12H2;1-6H. The van der Waals surface area contributed by atoms with Crippen LogP contribution in [0.1, 0.15) is 36.8 Å². The highest BCUT2D eigenvalue weighted by Crippen LogP contribution is 2.15. The van der Waals surface area contributed by atoms with Gasteiger partial charge < -0.3 is 0 Å². The second kappa shape index (κ2) is 15.7. The average molecular weight is 350 g/mol. The van der Waals surface area contributed by atoms with E-state index < -0.39 is 0 Å². The van der Waals surface area contributed by atoms with E-state index in [1.165, 1.54) is 11.1 Å². The van der Waals surface area contributed by atoms with E-state index in [2.05, 4.69) is 34.3 Å². The maximum absolute atomic E-state index is 9.96. The highest BCUT2D eigenvalue weighted by Gasteiger charge is 2.01. The number of aliphatic imine (C=N–C) groups is 2. The molecule has 0 unspecified atom stereocenters. The SMILES string of the molecule is O=C=NCCCCc1ccccc1CCCCN=C=O.c1ccccc1. The van der Waals surface area contributed by atoms with Crippen LogP contribution in [0.3, 0.4) is 0 Å². The van der Waals surface area contributed by atoms with Crippen molar-refractivity contribution in [3.05, 3.63) is 71.8 Å². The largest absolute Gasteiger partial charge is 0.234 e. The van der Waals surface area contributed by atoms with Crippen LogP contribution in [-0.4, -0.2) is 25.2 Å². The Morgan fingerprint density at radius 1 is 0.577 bits per heavy atom. The van der Waals surface area contributed by atoms with Gasteiger partial charge in [-0.3, -0.25) is 0 Å². The Morgan fingerprint density at radius 2 is 0.962 bits per heavy atom. The molecule has 0 fully saturated rings. The lowest BCUT2D eigenvalue weighted by molar-refractivity contribution is 0.561. The Hall–Kier alpha value is -2.80. The molecule has 136 valence electrons. The highest BCUT2D eigenvalue weighted by atomic mass is 16.1. The second-order valence-electron chi connectivity index (χ2n) is 5.78. The number of rotatable bonds is 10. The predicted molar refractivity (Wildman–Crippen MR) is 105 cm³/mol. The van der Waals surface area contributed by atoms with Crippen molar-refractivity contribution < 1.29 is 9.59 Å². The number of aryl methyl sites for hydroxylation is 2. The van der Waals surface area contributed by atoms with E-state index in [9.17, 15) is 9.59 Å². The topological polar surface area (TPSA) is 58.9 Å². The summed E-state index contributed by atoms with van der Waals surface area (Å²) in [6.07, 6.45) is 9.02. The van der Waals surface area contributed by atoms with Gasteiger partial charge in [0.15, 0.2) is 0 Å². The second-order valence-corrected chi connectivity index (χ2v) is 5.78. The summed E-state index contributed by atoms with van der Waals surface area (Å²) in [6, 6.07) is 20.4. The lowest BCUT2D eigenvalue weighted by atomic mass is 9.98. The first-order valence-electron chi connectivity index (χ1n) is 9.02. The number of benzene rings is 2. The van der Waals surface area contributed by atoms with Crippen molar-refractivity contribution in [3.8, 4) is 0 Å². The molecule has 0 spiro atoms. The summed E-state index contributed by atoms with van der Waals surface area (Å²) >= 11 is 0. The van der Waals surface area contributed by atoms with Crippen LogP contribution in [0, 0.1) is 0 Å². The van der Waals surface area contributed by atoms with Crippen LogP contribution in [0.2, 0.25) is 0 Å². The summed E-state index contributed by atoms with van der Waals surface area (Å²) in [5.41, 5.74) is 2.72. The first kappa shape index (κ1) is 21.2. The molecular weight excluding hydrogens is 324 g/mol. The molecule has 0 bridgehead atoms. The fourth-order valence-electron chi connectivity index (χ4n) is 2.53. The number of carbonyl (C=O) groups excluding carboxylic acids is 2. The average Bonchev–Trinajstić information content (AvgIpc) is 2.70.